The molecule has 0 aromatic heterocycles. The van der Waals surface area contributed by atoms with Gasteiger partial charge in [-0.2, -0.15) is 0 Å². The van der Waals surface area contributed by atoms with Crippen molar-refractivity contribution in [1.29, 1.82) is 0 Å². The van der Waals surface area contributed by atoms with Gasteiger partial charge >= 0.3 is 0 Å². The van der Waals surface area contributed by atoms with Crippen molar-refractivity contribution in [3.8, 4) is 23.0 Å². The summed E-state index contributed by atoms with van der Waals surface area (Å²) in [7, 11) is 0. The molecule has 0 saturated heterocycles. The number of benzene rings is 10. The third-order valence-corrected chi connectivity index (χ3v) is 19.1. The molecule has 6 heterocycles. The van der Waals surface area contributed by atoms with Gasteiger partial charge in [-0.1, -0.05) is 174 Å². The van der Waals surface area contributed by atoms with Crippen LogP contribution in [-0.4, -0.2) is 20.1 Å². The van der Waals surface area contributed by atoms with Crippen molar-refractivity contribution < 1.29 is 9.47 Å². The molecule has 0 aliphatic carbocycles. The van der Waals surface area contributed by atoms with Crippen LogP contribution in [0, 0.1) is 13.8 Å². The maximum Gasteiger partial charge on any atom is 0.260 e. The fourth-order valence-electron chi connectivity index (χ4n) is 12.7. The topological polar surface area (TPSA) is 24.9 Å². The van der Waals surface area contributed by atoms with E-state index < -0.39 is 0 Å². The van der Waals surface area contributed by atoms with Crippen LogP contribution in [0.1, 0.15) is 11.1 Å². The minimum Gasteiger partial charge on any atom is -0.459 e. The highest BCUT2D eigenvalue weighted by Crippen LogP contribution is 2.52. The summed E-state index contributed by atoms with van der Waals surface area (Å²) in [6, 6.07) is 73.7. The standard InChI is InChI=1S/C62H39B3N2O2S3/c1-36-18-17-19-37(2)60(36)67-45-32-40(66(38-20-5-3-6-21-38)39-22-7-4-8-23-39)33-52-55(45)65(56-46(67)34-53-59-62(56)72-51-31-16-12-27-44(51)64(59)43-26-11-15-30-50(43)70-53)58-54(71-52)35-49-57-61(58)69-48-29-14-10-25-42(48)63(57)41-24-9-13-28-47(41)68-49/h3-35H,1-2H3. The Balaban J connectivity index is 1.05. The van der Waals surface area contributed by atoms with Crippen LogP contribution in [0.3, 0.4) is 0 Å². The Morgan fingerprint density at radius 3 is 1.58 bits per heavy atom. The quantitative estimate of drug-likeness (QED) is 0.162. The number of ether oxygens (including phenoxy) is 2. The molecule has 0 fully saturated rings. The van der Waals surface area contributed by atoms with E-state index in [0.29, 0.717) is 0 Å². The number of aryl methyl sites for hydroxylation is 2. The van der Waals surface area contributed by atoms with E-state index in [-0.39, 0.29) is 20.1 Å². The fourth-order valence-corrected chi connectivity index (χ4v) is 16.5. The number of para-hydroxylation sites is 5. The third-order valence-electron chi connectivity index (χ3n) is 15.6. The minimum absolute atomic E-state index is 0.0525. The molecule has 0 bridgehead atoms. The molecule has 0 N–H and O–H groups in total. The maximum absolute atomic E-state index is 7.49. The Kier molecular flexibility index (Phi) is 8.93. The molecule has 10 aromatic carbocycles. The Bertz CT molecular complexity index is 3920. The average Bonchev–Trinajstić information content (AvgIpc) is 3.41. The number of hydrogen-bond acceptors (Lipinski definition) is 7. The second kappa shape index (κ2) is 15.6. The fraction of sp³-hybridized carbons (Fsp3) is 0.0323. The summed E-state index contributed by atoms with van der Waals surface area (Å²) in [4.78, 5) is 12.7. The second-order valence-corrected chi connectivity index (χ2v) is 22.7. The van der Waals surface area contributed by atoms with Crippen molar-refractivity contribution in [3.05, 3.63) is 211 Å². The zero-order valence-electron chi connectivity index (χ0n) is 39.2. The maximum atomic E-state index is 7.49. The number of fused-ring (bicyclic) bond motifs is 14. The van der Waals surface area contributed by atoms with Crippen LogP contribution in [0.5, 0.6) is 23.0 Å². The number of hydrogen-bond donors (Lipinski definition) is 0. The van der Waals surface area contributed by atoms with Crippen molar-refractivity contribution in [2.24, 2.45) is 0 Å². The predicted octanol–water partition coefficient (Wildman–Crippen LogP) is 10.7. The lowest BCUT2D eigenvalue weighted by molar-refractivity contribution is 0.465. The highest BCUT2D eigenvalue weighted by atomic mass is 32.2. The normalized spacial score (nSPS) is 14.2. The molecule has 72 heavy (non-hydrogen) atoms. The van der Waals surface area contributed by atoms with Gasteiger partial charge in [-0.05, 0) is 131 Å². The first-order valence-electron chi connectivity index (χ1n) is 24.7. The van der Waals surface area contributed by atoms with E-state index in [2.05, 4.69) is 224 Å². The Hall–Kier alpha value is -7.36. The highest BCUT2D eigenvalue weighted by molar-refractivity contribution is 8.01. The first kappa shape index (κ1) is 41.3. The van der Waals surface area contributed by atoms with Gasteiger partial charge in [0.1, 0.15) is 23.0 Å². The first-order chi connectivity index (χ1) is 35.6. The van der Waals surface area contributed by atoms with E-state index in [1.54, 1.807) is 0 Å². The summed E-state index contributed by atoms with van der Waals surface area (Å²) in [5, 5.41) is 0. The Labute approximate surface area is 432 Å². The zero-order chi connectivity index (χ0) is 47.3. The van der Waals surface area contributed by atoms with Crippen LogP contribution in [0.25, 0.3) is 0 Å². The lowest BCUT2D eigenvalue weighted by Gasteiger charge is -2.46. The molecule has 10 aromatic rings. The number of anilines is 6. The molecule has 10 heteroatoms. The Morgan fingerprint density at radius 2 is 0.903 bits per heavy atom. The lowest BCUT2D eigenvalue weighted by Crippen LogP contribution is -2.66. The summed E-state index contributed by atoms with van der Waals surface area (Å²) in [6.45, 7) is 4.41. The van der Waals surface area contributed by atoms with Crippen LogP contribution in [0.2, 0.25) is 0 Å². The van der Waals surface area contributed by atoms with Gasteiger partial charge < -0.3 is 19.3 Å². The van der Waals surface area contributed by atoms with Crippen molar-refractivity contribution in [1.82, 2.24) is 0 Å². The summed E-state index contributed by atoms with van der Waals surface area (Å²) >= 11 is 5.74. The van der Waals surface area contributed by atoms with Crippen LogP contribution in [0.15, 0.2) is 230 Å². The minimum atomic E-state index is -0.193. The van der Waals surface area contributed by atoms with Crippen LogP contribution in [-0.2, 0) is 0 Å². The molecule has 6 aliphatic heterocycles. The van der Waals surface area contributed by atoms with Gasteiger partial charge in [0.25, 0.3) is 13.4 Å². The zero-order valence-corrected chi connectivity index (χ0v) is 41.7. The van der Waals surface area contributed by atoms with Crippen molar-refractivity contribution in [2.45, 2.75) is 43.2 Å². The average molecular weight is 973 g/mol. The molecule has 0 spiro atoms. The summed E-state index contributed by atoms with van der Waals surface area (Å²) in [5.74, 6) is 3.57. The largest absolute Gasteiger partial charge is 0.459 e. The van der Waals surface area contributed by atoms with E-state index in [1.807, 2.05) is 35.3 Å². The molecule has 6 aliphatic rings. The van der Waals surface area contributed by atoms with Crippen LogP contribution >= 0.6 is 35.3 Å². The first-order valence-corrected chi connectivity index (χ1v) is 27.1. The number of rotatable bonds is 4. The Morgan fingerprint density at radius 1 is 0.375 bits per heavy atom. The third kappa shape index (κ3) is 5.80. The molecule has 0 atom stereocenters. The highest BCUT2D eigenvalue weighted by Gasteiger charge is 2.52. The summed E-state index contributed by atoms with van der Waals surface area (Å²) in [6.07, 6.45) is 0. The van der Waals surface area contributed by atoms with Crippen LogP contribution < -0.4 is 68.4 Å². The van der Waals surface area contributed by atoms with Crippen molar-refractivity contribution >= 4 is 139 Å². The summed E-state index contributed by atoms with van der Waals surface area (Å²) < 4.78 is 14.5. The molecule has 4 nitrogen and oxygen atoms in total. The van der Waals surface area contributed by atoms with Gasteiger partial charge in [0.05, 0.1) is 5.69 Å². The van der Waals surface area contributed by atoms with Gasteiger partial charge in [-0.3, -0.25) is 0 Å². The van der Waals surface area contributed by atoms with E-state index in [9.17, 15) is 0 Å². The molecule has 0 radical (unpaired) electrons. The van der Waals surface area contributed by atoms with Crippen LogP contribution in [0.4, 0.5) is 34.1 Å². The molecule has 16 rings (SSSR count). The molecule has 336 valence electrons. The van der Waals surface area contributed by atoms with Crippen molar-refractivity contribution in [2.75, 3.05) is 9.80 Å². The monoisotopic (exact) mass is 972 g/mol. The molecular weight excluding hydrogens is 933 g/mol. The lowest BCUT2D eigenvalue weighted by atomic mass is 9.30. The second-order valence-electron chi connectivity index (χ2n) is 19.5. The van der Waals surface area contributed by atoms with E-state index in [4.69, 9.17) is 9.47 Å². The smallest absolute Gasteiger partial charge is 0.260 e. The number of nitrogens with zero attached hydrogens (tertiary/aromatic N) is 2. The van der Waals surface area contributed by atoms with Gasteiger partial charge in [0.15, 0.2) is 0 Å². The van der Waals surface area contributed by atoms with E-state index in [1.165, 1.54) is 85.4 Å². The SMILES string of the molecule is Cc1cccc(C)c1N1c2cc(N(c3ccccc3)c3ccccc3)cc3c2B(c2c(cc4c5c2Oc2ccccc2B5c2ccccc2O4)S3)c2c1cc1c3c2Sc2ccccc2B3c2ccccc2S1. The molecule has 0 saturated carbocycles. The van der Waals surface area contributed by atoms with E-state index >= 15 is 0 Å². The summed E-state index contributed by atoms with van der Waals surface area (Å²) in [5.41, 5.74) is 20.8. The molecule has 0 unspecified atom stereocenters. The van der Waals surface area contributed by atoms with Gasteiger partial charge in [0, 0.05) is 63.3 Å². The van der Waals surface area contributed by atoms with Gasteiger partial charge in [0.2, 0.25) is 6.71 Å². The molecule has 0 amide bonds. The molecular formula is C62H39B3N2O2S3. The van der Waals surface area contributed by atoms with Gasteiger partial charge in [-0.15, -0.1) is 0 Å². The van der Waals surface area contributed by atoms with E-state index in [0.717, 1.165) is 61.3 Å². The predicted molar refractivity (Wildman–Crippen MR) is 304 cm³/mol. The van der Waals surface area contributed by atoms with Crippen molar-refractivity contribution in [3.63, 3.8) is 0 Å². The van der Waals surface area contributed by atoms with Gasteiger partial charge in [-0.25, -0.2) is 0 Å².